The lowest BCUT2D eigenvalue weighted by molar-refractivity contribution is 0.0559. The minimum Gasteiger partial charge on any atom is -0.507 e. The van der Waals surface area contributed by atoms with Crippen LogP contribution in [0.3, 0.4) is 0 Å². The van der Waals surface area contributed by atoms with Crippen LogP contribution in [0.25, 0.3) is 0 Å². The first-order valence-electron chi connectivity index (χ1n) is 7.01. The van der Waals surface area contributed by atoms with E-state index in [1.807, 2.05) is 26.8 Å². The lowest BCUT2D eigenvalue weighted by Gasteiger charge is -2.38. The minimum atomic E-state index is -0.109. The molecule has 2 nitrogen and oxygen atoms in total. The summed E-state index contributed by atoms with van der Waals surface area (Å²) < 4.78 is 6.31. The van der Waals surface area contributed by atoms with E-state index in [0.717, 1.165) is 48.1 Å². The molecule has 19 heavy (non-hydrogen) atoms. The molecule has 1 heterocycles. The van der Waals surface area contributed by atoms with E-state index in [1.54, 1.807) is 0 Å². The third-order valence-corrected chi connectivity index (χ3v) is 4.47. The predicted molar refractivity (Wildman–Crippen MR) is 79.1 cm³/mol. The van der Waals surface area contributed by atoms with Crippen molar-refractivity contribution in [3.8, 4) is 11.5 Å². The Morgan fingerprint density at radius 2 is 1.95 bits per heavy atom. The molecule has 0 aromatic heterocycles. The molecule has 0 spiro atoms. The number of allylic oxidation sites excluding steroid dienone is 1. The average molecular weight is 260 g/mol. The van der Waals surface area contributed by atoms with Crippen LogP contribution in [0.2, 0.25) is 0 Å². The Morgan fingerprint density at radius 1 is 1.26 bits per heavy atom. The van der Waals surface area contributed by atoms with Gasteiger partial charge in [0.05, 0.1) is 0 Å². The van der Waals surface area contributed by atoms with Gasteiger partial charge in [-0.05, 0) is 70.1 Å². The molecule has 0 radical (unpaired) electrons. The molecule has 1 aliphatic heterocycles. The fourth-order valence-electron chi connectivity index (χ4n) is 2.88. The topological polar surface area (TPSA) is 29.5 Å². The number of benzene rings is 1. The summed E-state index contributed by atoms with van der Waals surface area (Å²) in [6, 6.07) is 0. The van der Waals surface area contributed by atoms with Crippen LogP contribution in [0.1, 0.15) is 48.4 Å². The summed E-state index contributed by atoms with van der Waals surface area (Å²) in [5.41, 5.74) is 4.05. The summed E-state index contributed by atoms with van der Waals surface area (Å²) in [7, 11) is 0. The quantitative estimate of drug-likeness (QED) is 0.818. The monoisotopic (exact) mass is 260 g/mol. The van der Waals surface area contributed by atoms with Crippen molar-refractivity contribution in [1.29, 1.82) is 0 Å². The third-order valence-electron chi connectivity index (χ3n) is 4.47. The lowest BCUT2D eigenvalue weighted by Crippen LogP contribution is -2.36. The maximum Gasteiger partial charge on any atom is 0.127 e. The number of phenolic OH excluding ortho intramolecular Hbond substituents is 1. The highest BCUT2D eigenvalue weighted by molar-refractivity contribution is 5.58. The van der Waals surface area contributed by atoms with E-state index in [1.165, 1.54) is 5.56 Å². The molecule has 0 saturated heterocycles. The molecule has 2 rings (SSSR count). The van der Waals surface area contributed by atoms with Crippen LogP contribution in [-0.2, 0) is 6.42 Å². The van der Waals surface area contributed by atoms with Crippen molar-refractivity contribution in [2.24, 2.45) is 0 Å². The zero-order chi connectivity index (χ0) is 14.2. The molecular weight excluding hydrogens is 236 g/mol. The highest BCUT2D eigenvalue weighted by atomic mass is 16.5. The van der Waals surface area contributed by atoms with Crippen molar-refractivity contribution in [3.63, 3.8) is 0 Å². The van der Waals surface area contributed by atoms with Crippen LogP contribution in [0, 0.1) is 20.8 Å². The van der Waals surface area contributed by atoms with E-state index in [4.69, 9.17) is 4.74 Å². The molecule has 104 valence electrons. The Bertz CT molecular complexity index is 517. The van der Waals surface area contributed by atoms with Gasteiger partial charge >= 0.3 is 0 Å². The third kappa shape index (κ3) is 2.36. The SMILES string of the molecule is C=CCCC1(C)CCc2c(C)c(O)c(C)c(C)c2O1. The molecule has 1 aromatic carbocycles. The highest BCUT2D eigenvalue weighted by Crippen LogP contribution is 2.44. The number of rotatable bonds is 3. The van der Waals surface area contributed by atoms with Gasteiger partial charge in [0.25, 0.3) is 0 Å². The van der Waals surface area contributed by atoms with Gasteiger partial charge in [-0.1, -0.05) is 6.08 Å². The van der Waals surface area contributed by atoms with Gasteiger partial charge in [0.2, 0.25) is 0 Å². The van der Waals surface area contributed by atoms with Crippen LogP contribution in [0.15, 0.2) is 12.7 Å². The zero-order valence-corrected chi connectivity index (χ0v) is 12.5. The summed E-state index contributed by atoms with van der Waals surface area (Å²) in [6.07, 6.45) is 5.89. The van der Waals surface area contributed by atoms with Crippen molar-refractivity contribution >= 4 is 0 Å². The number of fused-ring (bicyclic) bond motifs is 1. The van der Waals surface area contributed by atoms with Crippen LogP contribution < -0.4 is 4.74 Å². The molecule has 1 atom stereocenters. The molecule has 0 fully saturated rings. The standard InChI is InChI=1S/C17H24O2/c1-6-7-9-17(5)10-8-14-13(4)15(18)11(2)12(3)16(14)19-17/h6,18H,1,7-10H2,2-5H3. The lowest BCUT2D eigenvalue weighted by atomic mass is 9.85. The number of ether oxygens (including phenoxy) is 1. The van der Waals surface area contributed by atoms with Crippen molar-refractivity contribution in [2.45, 2.75) is 59.0 Å². The molecule has 2 heteroatoms. The fraction of sp³-hybridized carbons (Fsp3) is 0.529. The molecular formula is C17H24O2. The normalized spacial score (nSPS) is 21.7. The first-order valence-corrected chi connectivity index (χ1v) is 7.01. The number of hydrogen-bond donors (Lipinski definition) is 1. The van der Waals surface area contributed by atoms with Crippen molar-refractivity contribution in [3.05, 3.63) is 34.9 Å². The van der Waals surface area contributed by atoms with Gasteiger partial charge in [-0.15, -0.1) is 6.58 Å². The second-order valence-corrected chi connectivity index (χ2v) is 5.91. The van der Waals surface area contributed by atoms with Gasteiger partial charge in [-0.2, -0.15) is 0 Å². The molecule has 1 aromatic rings. The van der Waals surface area contributed by atoms with E-state index in [0.29, 0.717) is 5.75 Å². The minimum absolute atomic E-state index is 0.109. The van der Waals surface area contributed by atoms with Crippen molar-refractivity contribution in [1.82, 2.24) is 0 Å². The smallest absolute Gasteiger partial charge is 0.127 e. The summed E-state index contributed by atoms with van der Waals surface area (Å²) in [5.74, 6) is 1.42. The van der Waals surface area contributed by atoms with Gasteiger partial charge in [0.15, 0.2) is 0 Å². The van der Waals surface area contributed by atoms with E-state index < -0.39 is 0 Å². The average Bonchev–Trinajstić information content (AvgIpc) is 2.40. The Balaban J connectivity index is 2.43. The van der Waals surface area contributed by atoms with Gasteiger partial charge < -0.3 is 9.84 Å². The Kier molecular flexibility index (Phi) is 3.62. The summed E-state index contributed by atoms with van der Waals surface area (Å²) >= 11 is 0. The zero-order valence-electron chi connectivity index (χ0n) is 12.5. The molecule has 1 N–H and O–H groups in total. The van der Waals surface area contributed by atoms with Crippen LogP contribution >= 0.6 is 0 Å². The molecule has 1 aliphatic rings. The van der Waals surface area contributed by atoms with Crippen LogP contribution in [0.4, 0.5) is 0 Å². The summed E-state index contributed by atoms with van der Waals surface area (Å²) in [5, 5.41) is 10.1. The largest absolute Gasteiger partial charge is 0.507 e. The number of phenols is 1. The van der Waals surface area contributed by atoms with Gasteiger partial charge in [0, 0.05) is 5.56 Å². The van der Waals surface area contributed by atoms with Crippen LogP contribution in [-0.4, -0.2) is 10.7 Å². The van der Waals surface area contributed by atoms with Gasteiger partial charge in [-0.3, -0.25) is 0 Å². The number of aromatic hydroxyl groups is 1. The van der Waals surface area contributed by atoms with E-state index in [9.17, 15) is 5.11 Å². The van der Waals surface area contributed by atoms with Gasteiger partial charge in [-0.25, -0.2) is 0 Å². The molecule has 0 saturated carbocycles. The van der Waals surface area contributed by atoms with Gasteiger partial charge in [0.1, 0.15) is 17.1 Å². The summed E-state index contributed by atoms with van der Waals surface area (Å²) in [4.78, 5) is 0. The second-order valence-electron chi connectivity index (χ2n) is 5.91. The Hall–Kier alpha value is -1.44. The highest BCUT2D eigenvalue weighted by Gasteiger charge is 2.33. The fourth-order valence-corrected chi connectivity index (χ4v) is 2.88. The van der Waals surface area contributed by atoms with E-state index >= 15 is 0 Å². The van der Waals surface area contributed by atoms with Crippen LogP contribution in [0.5, 0.6) is 11.5 Å². The molecule has 0 aliphatic carbocycles. The van der Waals surface area contributed by atoms with Crippen molar-refractivity contribution < 1.29 is 9.84 Å². The molecule has 0 amide bonds. The van der Waals surface area contributed by atoms with E-state index in [2.05, 4.69) is 13.5 Å². The van der Waals surface area contributed by atoms with Crippen molar-refractivity contribution in [2.75, 3.05) is 0 Å². The summed E-state index contributed by atoms with van der Waals surface area (Å²) in [6.45, 7) is 11.9. The first-order chi connectivity index (χ1) is 8.89. The predicted octanol–water partition coefficient (Wildman–Crippen LogP) is 4.37. The van der Waals surface area contributed by atoms with E-state index in [-0.39, 0.29) is 5.60 Å². The Morgan fingerprint density at radius 3 is 2.58 bits per heavy atom. The Labute approximate surface area is 116 Å². The molecule has 1 unspecified atom stereocenters. The maximum atomic E-state index is 10.1. The first kappa shape index (κ1) is 14.0. The number of hydrogen-bond acceptors (Lipinski definition) is 2. The maximum absolute atomic E-state index is 10.1. The second kappa shape index (κ2) is 4.92. The molecule has 0 bridgehead atoms.